The lowest BCUT2D eigenvalue weighted by Gasteiger charge is -2.37. The van der Waals surface area contributed by atoms with E-state index in [-0.39, 0.29) is 24.6 Å². The molecule has 0 radical (unpaired) electrons. The maximum atomic E-state index is 13.5. The fourth-order valence-electron chi connectivity index (χ4n) is 5.79. The summed E-state index contributed by atoms with van der Waals surface area (Å²) in [6, 6.07) is 23.0. The standard InChI is InChI=1S/C34H43NO4/c1-5-37-34(36)33(35-32(26-13-8-6-9-14-26)27-15-10-7-11-16-27)29(30-17-12-21-38-30)20-22-39-31-23-25(4)18-19-28(31)24(2)3/h6-17,21,24-25,28-29,31,33H,5,18-20,22-23H2,1-4H3/t25-,28+,29-,31-,33+/m0/s1. The number of ether oxygens (including phenoxy) is 2. The summed E-state index contributed by atoms with van der Waals surface area (Å²) in [6.45, 7) is 9.55. The van der Waals surface area contributed by atoms with Crippen molar-refractivity contribution in [3.05, 3.63) is 95.9 Å². The Morgan fingerprint density at radius 3 is 2.21 bits per heavy atom. The highest BCUT2D eigenvalue weighted by Gasteiger charge is 2.35. The van der Waals surface area contributed by atoms with Gasteiger partial charge in [-0.2, -0.15) is 0 Å². The summed E-state index contributed by atoms with van der Waals surface area (Å²) in [4.78, 5) is 18.7. The third kappa shape index (κ3) is 7.69. The summed E-state index contributed by atoms with van der Waals surface area (Å²) in [7, 11) is 0. The van der Waals surface area contributed by atoms with Gasteiger partial charge in [0.1, 0.15) is 5.76 Å². The second kappa shape index (κ2) is 14.3. The molecular formula is C34H43NO4. The lowest BCUT2D eigenvalue weighted by Crippen LogP contribution is -2.35. The Labute approximate surface area is 233 Å². The van der Waals surface area contributed by atoms with Gasteiger partial charge in [0.05, 0.1) is 30.6 Å². The molecule has 1 aliphatic carbocycles. The number of hydrogen-bond acceptors (Lipinski definition) is 5. The number of benzene rings is 2. The topological polar surface area (TPSA) is 61.0 Å². The van der Waals surface area contributed by atoms with E-state index in [1.165, 1.54) is 12.8 Å². The first-order valence-corrected chi connectivity index (χ1v) is 14.5. The minimum absolute atomic E-state index is 0.236. The second-order valence-corrected chi connectivity index (χ2v) is 11.1. The molecular weight excluding hydrogens is 486 g/mol. The third-order valence-electron chi connectivity index (χ3n) is 7.90. The molecule has 0 unspecified atom stereocenters. The number of rotatable bonds is 12. The van der Waals surface area contributed by atoms with E-state index in [0.717, 1.165) is 29.0 Å². The Hall–Kier alpha value is -3.18. The molecule has 0 amide bonds. The molecule has 39 heavy (non-hydrogen) atoms. The van der Waals surface area contributed by atoms with E-state index >= 15 is 0 Å². The number of hydrogen-bond donors (Lipinski definition) is 0. The number of esters is 1. The van der Waals surface area contributed by atoms with Gasteiger partial charge in [0, 0.05) is 17.7 Å². The Morgan fingerprint density at radius 2 is 1.64 bits per heavy atom. The van der Waals surface area contributed by atoms with Crippen LogP contribution in [0, 0.1) is 17.8 Å². The maximum absolute atomic E-state index is 13.5. The average Bonchev–Trinajstić information content (AvgIpc) is 3.48. The summed E-state index contributed by atoms with van der Waals surface area (Å²) < 4.78 is 18.0. The van der Waals surface area contributed by atoms with Gasteiger partial charge in [-0.1, -0.05) is 87.9 Å². The first-order valence-electron chi connectivity index (χ1n) is 14.5. The molecule has 5 heteroatoms. The highest BCUT2D eigenvalue weighted by molar-refractivity contribution is 6.13. The predicted molar refractivity (Wildman–Crippen MR) is 156 cm³/mol. The Balaban J connectivity index is 1.67. The van der Waals surface area contributed by atoms with Gasteiger partial charge in [-0.3, -0.25) is 4.99 Å². The normalized spacial score (nSPS) is 20.8. The second-order valence-electron chi connectivity index (χ2n) is 11.1. The molecule has 1 fully saturated rings. The van der Waals surface area contributed by atoms with Gasteiger partial charge in [0.25, 0.3) is 0 Å². The van der Waals surface area contributed by atoms with Crippen molar-refractivity contribution in [2.45, 2.75) is 71.4 Å². The molecule has 1 aliphatic rings. The molecule has 0 saturated heterocycles. The molecule has 4 rings (SSSR count). The number of nitrogens with zero attached hydrogens (tertiary/aromatic N) is 1. The monoisotopic (exact) mass is 529 g/mol. The molecule has 0 bridgehead atoms. The van der Waals surface area contributed by atoms with E-state index in [2.05, 4.69) is 20.8 Å². The Bertz CT molecular complexity index is 1110. The predicted octanol–water partition coefficient (Wildman–Crippen LogP) is 7.70. The van der Waals surface area contributed by atoms with Crippen molar-refractivity contribution in [2.75, 3.05) is 13.2 Å². The van der Waals surface area contributed by atoms with Crippen LogP contribution in [0.1, 0.15) is 76.2 Å². The first-order chi connectivity index (χ1) is 19.0. The van der Waals surface area contributed by atoms with E-state index in [1.807, 2.05) is 79.7 Å². The van der Waals surface area contributed by atoms with E-state index < -0.39 is 6.04 Å². The minimum atomic E-state index is -0.777. The van der Waals surface area contributed by atoms with Crippen molar-refractivity contribution in [1.29, 1.82) is 0 Å². The van der Waals surface area contributed by atoms with Gasteiger partial charge in [-0.15, -0.1) is 0 Å². The minimum Gasteiger partial charge on any atom is -0.469 e. The average molecular weight is 530 g/mol. The van der Waals surface area contributed by atoms with Gasteiger partial charge < -0.3 is 13.9 Å². The molecule has 0 spiro atoms. The van der Waals surface area contributed by atoms with Crippen LogP contribution >= 0.6 is 0 Å². The zero-order chi connectivity index (χ0) is 27.6. The van der Waals surface area contributed by atoms with Crippen molar-refractivity contribution in [3.8, 4) is 0 Å². The summed E-state index contributed by atoms with van der Waals surface area (Å²) in [5, 5.41) is 0. The highest BCUT2D eigenvalue weighted by atomic mass is 16.5. The van der Waals surface area contributed by atoms with Crippen LogP contribution in [0.3, 0.4) is 0 Å². The van der Waals surface area contributed by atoms with Crippen LogP contribution in [-0.4, -0.2) is 37.0 Å². The molecule has 208 valence electrons. The number of aliphatic imine (C=N–C) groups is 1. The Kier molecular flexibility index (Phi) is 10.5. The Morgan fingerprint density at radius 1 is 0.974 bits per heavy atom. The summed E-state index contributed by atoms with van der Waals surface area (Å²) in [6.07, 6.45) is 6.05. The van der Waals surface area contributed by atoms with E-state index in [0.29, 0.717) is 30.8 Å². The quantitative estimate of drug-likeness (QED) is 0.178. The summed E-state index contributed by atoms with van der Waals surface area (Å²) in [5.41, 5.74) is 2.65. The van der Waals surface area contributed by atoms with E-state index in [4.69, 9.17) is 18.9 Å². The smallest absolute Gasteiger partial charge is 0.331 e. The number of carbonyl (C=O) groups excluding carboxylic acids is 1. The van der Waals surface area contributed by atoms with E-state index in [1.54, 1.807) is 6.26 Å². The van der Waals surface area contributed by atoms with Crippen molar-refractivity contribution >= 4 is 11.7 Å². The van der Waals surface area contributed by atoms with Crippen LogP contribution in [0.2, 0.25) is 0 Å². The SMILES string of the molecule is CCOC(=O)[C@H](N=C(c1ccccc1)c1ccccc1)[C@@H](CCO[C@H]1C[C@@H](C)CC[C@@H]1C(C)C)c1ccco1. The largest absolute Gasteiger partial charge is 0.469 e. The zero-order valence-corrected chi connectivity index (χ0v) is 23.8. The molecule has 0 N–H and O–H groups in total. The van der Waals surface area contributed by atoms with Crippen LogP contribution in [0.4, 0.5) is 0 Å². The van der Waals surface area contributed by atoms with Gasteiger partial charge in [0.2, 0.25) is 0 Å². The molecule has 5 nitrogen and oxygen atoms in total. The van der Waals surface area contributed by atoms with Crippen molar-refractivity contribution in [2.24, 2.45) is 22.7 Å². The lowest BCUT2D eigenvalue weighted by atomic mass is 9.75. The lowest BCUT2D eigenvalue weighted by molar-refractivity contribution is -0.145. The molecule has 1 heterocycles. The molecule has 1 aromatic heterocycles. The van der Waals surface area contributed by atoms with E-state index in [9.17, 15) is 4.79 Å². The van der Waals surface area contributed by atoms with Crippen LogP contribution in [0.5, 0.6) is 0 Å². The fourth-order valence-corrected chi connectivity index (χ4v) is 5.79. The van der Waals surface area contributed by atoms with Crippen molar-refractivity contribution < 1.29 is 18.7 Å². The van der Waals surface area contributed by atoms with Crippen LogP contribution in [0.15, 0.2) is 88.5 Å². The molecule has 3 aromatic rings. The number of furan rings is 1. The van der Waals surface area contributed by atoms with Crippen LogP contribution in [-0.2, 0) is 14.3 Å². The zero-order valence-electron chi connectivity index (χ0n) is 23.8. The molecule has 2 aromatic carbocycles. The van der Waals surface area contributed by atoms with Crippen LogP contribution < -0.4 is 0 Å². The maximum Gasteiger partial charge on any atom is 0.331 e. The van der Waals surface area contributed by atoms with Gasteiger partial charge in [0.15, 0.2) is 6.04 Å². The summed E-state index contributed by atoms with van der Waals surface area (Å²) in [5.74, 6) is 1.86. The summed E-state index contributed by atoms with van der Waals surface area (Å²) >= 11 is 0. The molecule has 5 atom stereocenters. The van der Waals surface area contributed by atoms with Gasteiger partial charge in [-0.25, -0.2) is 4.79 Å². The van der Waals surface area contributed by atoms with Crippen molar-refractivity contribution in [3.63, 3.8) is 0 Å². The van der Waals surface area contributed by atoms with Crippen LogP contribution in [0.25, 0.3) is 0 Å². The number of carbonyl (C=O) groups is 1. The van der Waals surface area contributed by atoms with Gasteiger partial charge in [-0.05, 0) is 56.1 Å². The van der Waals surface area contributed by atoms with Gasteiger partial charge >= 0.3 is 5.97 Å². The molecule has 0 aliphatic heterocycles. The third-order valence-corrected chi connectivity index (χ3v) is 7.90. The van der Waals surface area contributed by atoms with Crippen molar-refractivity contribution in [1.82, 2.24) is 0 Å². The highest BCUT2D eigenvalue weighted by Crippen LogP contribution is 2.36. The fraction of sp³-hybridized carbons (Fsp3) is 0.471. The first kappa shape index (κ1) is 28.8. The molecule has 1 saturated carbocycles.